The second-order valence-electron chi connectivity index (χ2n) is 2.77. The van der Waals surface area contributed by atoms with Crippen LogP contribution in [0.25, 0.3) is 0 Å². The van der Waals surface area contributed by atoms with Gasteiger partial charge in [-0.15, -0.1) is 0 Å². The van der Waals surface area contributed by atoms with Crippen LogP contribution in [0.4, 0.5) is 4.39 Å². The van der Waals surface area contributed by atoms with Crippen molar-refractivity contribution < 1.29 is 14.3 Å². The molecule has 0 aliphatic carbocycles. The summed E-state index contributed by atoms with van der Waals surface area (Å²) in [5.41, 5.74) is 5.25. The first-order valence-corrected chi connectivity index (χ1v) is 4.32. The van der Waals surface area contributed by atoms with Crippen LogP contribution in [0.15, 0.2) is 18.2 Å². The molecule has 0 heterocycles. The molecule has 0 saturated carbocycles. The number of halogens is 2. The summed E-state index contributed by atoms with van der Waals surface area (Å²) in [5.74, 6) is -2.92. The molecule has 1 rings (SSSR count). The number of hydrogen-bond donors (Lipinski definition) is 2. The molecule has 0 amide bonds. The first-order valence-electron chi connectivity index (χ1n) is 3.94. The maximum Gasteiger partial charge on any atom is 0.312 e. The molecule has 0 bridgehead atoms. The van der Waals surface area contributed by atoms with Crippen LogP contribution in [0.2, 0.25) is 5.02 Å². The zero-order valence-corrected chi connectivity index (χ0v) is 7.96. The monoisotopic (exact) mass is 217 g/mol. The maximum absolute atomic E-state index is 13.3. The fourth-order valence-electron chi connectivity index (χ4n) is 1.15. The van der Waals surface area contributed by atoms with E-state index in [1.54, 1.807) is 0 Å². The maximum atomic E-state index is 13.3. The summed E-state index contributed by atoms with van der Waals surface area (Å²) in [4.78, 5) is 10.7. The second-order valence-corrected chi connectivity index (χ2v) is 3.18. The number of carbonyl (C=O) groups is 1. The number of benzene rings is 1. The largest absolute Gasteiger partial charge is 0.481 e. The van der Waals surface area contributed by atoms with Gasteiger partial charge in [-0.25, -0.2) is 4.39 Å². The summed E-state index contributed by atoms with van der Waals surface area (Å²) in [6, 6.07) is 4.22. The van der Waals surface area contributed by atoms with Crippen molar-refractivity contribution in [1.82, 2.24) is 0 Å². The Kier molecular flexibility index (Phi) is 3.43. The molecule has 0 spiro atoms. The second kappa shape index (κ2) is 4.39. The highest BCUT2D eigenvalue weighted by Crippen LogP contribution is 2.24. The van der Waals surface area contributed by atoms with Gasteiger partial charge in [0.1, 0.15) is 5.82 Å². The van der Waals surface area contributed by atoms with Gasteiger partial charge in [-0.05, 0) is 6.07 Å². The van der Waals surface area contributed by atoms with Crippen molar-refractivity contribution in [1.29, 1.82) is 0 Å². The van der Waals surface area contributed by atoms with Gasteiger partial charge < -0.3 is 10.8 Å². The molecule has 0 saturated heterocycles. The molecule has 3 N–H and O–H groups in total. The minimum atomic E-state index is -1.16. The van der Waals surface area contributed by atoms with Crippen molar-refractivity contribution in [3.05, 3.63) is 34.6 Å². The number of hydrogen-bond acceptors (Lipinski definition) is 2. The van der Waals surface area contributed by atoms with Crippen LogP contribution in [0.5, 0.6) is 0 Å². The lowest BCUT2D eigenvalue weighted by Crippen LogP contribution is -2.22. The Bertz CT molecular complexity index is 357. The number of aliphatic carboxylic acids is 1. The predicted octanol–water partition coefficient (Wildman–Crippen LogP) is 1.61. The molecule has 76 valence electrons. The van der Waals surface area contributed by atoms with Crippen LogP contribution >= 0.6 is 11.6 Å². The lowest BCUT2D eigenvalue weighted by Gasteiger charge is -2.11. The highest BCUT2D eigenvalue weighted by molar-refractivity contribution is 6.30. The molecule has 14 heavy (non-hydrogen) atoms. The molecule has 1 atom stereocenters. The normalized spacial score (nSPS) is 12.5. The highest BCUT2D eigenvalue weighted by Gasteiger charge is 2.22. The van der Waals surface area contributed by atoms with Crippen LogP contribution in [-0.4, -0.2) is 17.6 Å². The Morgan fingerprint density at radius 3 is 2.79 bits per heavy atom. The van der Waals surface area contributed by atoms with Crippen LogP contribution in [0.3, 0.4) is 0 Å². The van der Waals surface area contributed by atoms with Crippen molar-refractivity contribution in [2.45, 2.75) is 5.92 Å². The van der Waals surface area contributed by atoms with E-state index in [0.717, 1.165) is 0 Å². The summed E-state index contributed by atoms with van der Waals surface area (Å²) in [5, 5.41) is 8.66. The van der Waals surface area contributed by atoms with Gasteiger partial charge in [0.05, 0.1) is 10.9 Å². The third-order valence-electron chi connectivity index (χ3n) is 1.89. The molecular weight excluding hydrogens is 209 g/mol. The average molecular weight is 218 g/mol. The quantitative estimate of drug-likeness (QED) is 0.809. The Balaban J connectivity index is 3.16. The molecule has 0 radical (unpaired) electrons. The van der Waals surface area contributed by atoms with Crippen molar-refractivity contribution in [2.75, 3.05) is 6.54 Å². The topological polar surface area (TPSA) is 63.3 Å². The van der Waals surface area contributed by atoms with E-state index in [0.29, 0.717) is 0 Å². The van der Waals surface area contributed by atoms with Crippen molar-refractivity contribution in [3.63, 3.8) is 0 Å². The first kappa shape index (κ1) is 10.9. The molecule has 1 aromatic rings. The summed E-state index contributed by atoms with van der Waals surface area (Å²) in [6.45, 7) is -0.160. The third kappa shape index (κ3) is 2.02. The molecule has 0 aliphatic heterocycles. The van der Waals surface area contributed by atoms with Crippen molar-refractivity contribution in [2.24, 2.45) is 5.73 Å². The summed E-state index contributed by atoms with van der Waals surface area (Å²) in [7, 11) is 0. The molecule has 1 unspecified atom stereocenters. The Hall–Kier alpha value is -1.13. The molecule has 5 heteroatoms. The summed E-state index contributed by atoms with van der Waals surface area (Å²) < 4.78 is 13.3. The van der Waals surface area contributed by atoms with Gasteiger partial charge >= 0.3 is 5.97 Å². The molecule has 0 aromatic heterocycles. The average Bonchev–Trinajstić information content (AvgIpc) is 2.13. The van der Waals surface area contributed by atoms with Gasteiger partial charge in [0.15, 0.2) is 0 Å². The van der Waals surface area contributed by atoms with Crippen molar-refractivity contribution >= 4 is 17.6 Å². The fourth-order valence-corrected chi connectivity index (χ4v) is 1.33. The van der Waals surface area contributed by atoms with E-state index in [1.807, 2.05) is 0 Å². The SMILES string of the molecule is NCC(C(=O)O)c1cccc(Cl)c1F. The molecule has 1 aromatic carbocycles. The lowest BCUT2D eigenvalue weighted by atomic mass is 9.99. The number of carboxylic acids is 1. The third-order valence-corrected chi connectivity index (χ3v) is 2.18. The van der Waals surface area contributed by atoms with Crippen LogP contribution in [0, 0.1) is 5.82 Å². The van der Waals surface area contributed by atoms with E-state index >= 15 is 0 Å². The van der Waals surface area contributed by atoms with Crippen molar-refractivity contribution in [3.8, 4) is 0 Å². The van der Waals surface area contributed by atoms with Crippen LogP contribution in [0.1, 0.15) is 11.5 Å². The minimum Gasteiger partial charge on any atom is -0.481 e. The number of nitrogens with two attached hydrogens (primary N) is 1. The van der Waals surface area contributed by atoms with Gasteiger partial charge in [0, 0.05) is 12.1 Å². The fraction of sp³-hybridized carbons (Fsp3) is 0.222. The van der Waals surface area contributed by atoms with E-state index < -0.39 is 17.7 Å². The highest BCUT2D eigenvalue weighted by atomic mass is 35.5. The molecule has 3 nitrogen and oxygen atoms in total. The first-order chi connectivity index (χ1) is 6.57. The van der Waals surface area contributed by atoms with Gasteiger partial charge in [0.2, 0.25) is 0 Å². The van der Waals surface area contributed by atoms with E-state index in [1.165, 1.54) is 18.2 Å². The molecule has 0 aliphatic rings. The Morgan fingerprint density at radius 1 is 1.64 bits per heavy atom. The van der Waals surface area contributed by atoms with Gasteiger partial charge in [-0.2, -0.15) is 0 Å². The van der Waals surface area contributed by atoms with Crippen LogP contribution < -0.4 is 5.73 Å². The van der Waals surface area contributed by atoms with E-state index in [9.17, 15) is 9.18 Å². The zero-order chi connectivity index (χ0) is 10.7. The Morgan fingerprint density at radius 2 is 2.29 bits per heavy atom. The van der Waals surface area contributed by atoms with E-state index in [4.69, 9.17) is 22.4 Å². The number of rotatable bonds is 3. The standard InChI is InChI=1S/C9H9ClFNO2/c10-7-3-1-2-5(8(7)11)6(4-12)9(13)14/h1-3,6H,4,12H2,(H,13,14). The molecule has 0 fully saturated rings. The summed E-state index contributed by atoms with van der Waals surface area (Å²) in [6.07, 6.45) is 0. The zero-order valence-electron chi connectivity index (χ0n) is 7.21. The van der Waals surface area contributed by atoms with E-state index in [2.05, 4.69) is 0 Å². The van der Waals surface area contributed by atoms with E-state index in [-0.39, 0.29) is 17.1 Å². The predicted molar refractivity (Wildman–Crippen MR) is 50.8 cm³/mol. The smallest absolute Gasteiger partial charge is 0.312 e. The lowest BCUT2D eigenvalue weighted by molar-refractivity contribution is -0.138. The number of carboxylic acid groups (broad SMARTS) is 1. The van der Waals surface area contributed by atoms with Gasteiger partial charge in [0.25, 0.3) is 0 Å². The van der Waals surface area contributed by atoms with Gasteiger partial charge in [-0.1, -0.05) is 23.7 Å². The van der Waals surface area contributed by atoms with Crippen LogP contribution in [-0.2, 0) is 4.79 Å². The Labute approximate surface area is 85.3 Å². The minimum absolute atomic E-state index is 0.0208. The summed E-state index contributed by atoms with van der Waals surface area (Å²) >= 11 is 5.51. The molecular formula is C9H9ClFNO2. The van der Waals surface area contributed by atoms with Gasteiger partial charge in [-0.3, -0.25) is 4.79 Å².